The monoisotopic (exact) mass is 282 g/mol. The third kappa shape index (κ3) is 2.38. The molecule has 21 heavy (non-hydrogen) atoms. The third-order valence-corrected chi connectivity index (χ3v) is 3.71. The molecule has 0 atom stereocenters. The standard InChI is InChI=1S/C17H18N2O2/c1-11-7-16(21-3)12(2)6-14(11)15-9-19-8-13(10-20)4-5-17(19)18-15/h4-9,20H,10H2,1-3H3. The summed E-state index contributed by atoms with van der Waals surface area (Å²) in [6, 6.07) is 7.94. The quantitative estimate of drug-likeness (QED) is 0.803. The average molecular weight is 282 g/mol. The molecular formula is C17H18N2O2. The lowest BCUT2D eigenvalue weighted by atomic mass is 10.0. The second kappa shape index (κ2) is 5.22. The van der Waals surface area contributed by atoms with Crippen LogP contribution in [0.15, 0.2) is 36.7 Å². The molecule has 1 aromatic carbocycles. The number of hydrogen-bond donors (Lipinski definition) is 1. The molecule has 3 aromatic rings. The van der Waals surface area contributed by atoms with Crippen LogP contribution < -0.4 is 4.74 Å². The van der Waals surface area contributed by atoms with Crippen molar-refractivity contribution in [2.24, 2.45) is 0 Å². The fourth-order valence-corrected chi connectivity index (χ4v) is 2.55. The minimum Gasteiger partial charge on any atom is -0.496 e. The van der Waals surface area contributed by atoms with Crippen LogP contribution in [0.25, 0.3) is 16.9 Å². The van der Waals surface area contributed by atoms with Crippen molar-refractivity contribution >= 4 is 5.65 Å². The largest absolute Gasteiger partial charge is 0.496 e. The summed E-state index contributed by atoms with van der Waals surface area (Å²) in [4.78, 5) is 4.66. The van der Waals surface area contributed by atoms with Gasteiger partial charge in [0.15, 0.2) is 0 Å². The zero-order valence-electron chi connectivity index (χ0n) is 12.4. The molecule has 0 unspecified atom stereocenters. The average Bonchev–Trinajstić information content (AvgIpc) is 2.91. The maximum atomic E-state index is 9.21. The Morgan fingerprint density at radius 3 is 2.67 bits per heavy atom. The second-order valence-electron chi connectivity index (χ2n) is 5.22. The summed E-state index contributed by atoms with van der Waals surface area (Å²) >= 11 is 0. The molecule has 0 amide bonds. The summed E-state index contributed by atoms with van der Waals surface area (Å²) in [6.07, 6.45) is 3.89. The van der Waals surface area contributed by atoms with Crippen molar-refractivity contribution in [3.63, 3.8) is 0 Å². The van der Waals surface area contributed by atoms with Crippen molar-refractivity contribution in [3.05, 3.63) is 53.3 Å². The zero-order valence-corrected chi connectivity index (χ0v) is 12.4. The van der Waals surface area contributed by atoms with Gasteiger partial charge in [-0.15, -0.1) is 0 Å². The van der Waals surface area contributed by atoms with Crippen LogP contribution in [-0.2, 0) is 6.61 Å². The fraction of sp³-hybridized carbons (Fsp3) is 0.235. The molecule has 4 nitrogen and oxygen atoms in total. The predicted molar refractivity (Wildman–Crippen MR) is 82.6 cm³/mol. The van der Waals surface area contributed by atoms with Gasteiger partial charge in [-0.3, -0.25) is 0 Å². The first kappa shape index (κ1) is 13.6. The first-order valence-electron chi connectivity index (χ1n) is 6.86. The molecule has 0 aliphatic rings. The number of hydrogen-bond acceptors (Lipinski definition) is 3. The lowest BCUT2D eigenvalue weighted by molar-refractivity contribution is 0.281. The van der Waals surface area contributed by atoms with E-state index in [1.807, 2.05) is 41.9 Å². The summed E-state index contributed by atoms with van der Waals surface area (Å²) in [7, 11) is 1.68. The van der Waals surface area contributed by atoms with E-state index in [0.717, 1.165) is 39.3 Å². The molecule has 1 N–H and O–H groups in total. The normalized spacial score (nSPS) is 11.0. The molecular weight excluding hydrogens is 264 g/mol. The van der Waals surface area contributed by atoms with Crippen LogP contribution in [0.4, 0.5) is 0 Å². The first-order valence-corrected chi connectivity index (χ1v) is 6.86. The number of nitrogens with zero attached hydrogens (tertiary/aromatic N) is 2. The molecule has 2 heterocycles. The van der Waals surface area contributed by atoms with Gasteiger partial charge in [0, 0.05) is 18.0 Å². The highest BCUT2D eigenvalue weighted by Gasteiger charge is 2.10. The van der Waals surface area contributed by atoms with E-state index in [9.17, 15) is 5.11 Å². The lowest BCUT2D eigenvalue weighted by Gasteiger charge is -2.09. The number of aryl methyl sites for hydroxylation is 2. The number of methoxy groups -OCH3 is 1. The summed E-state index contributed by atoms with van der Waals surface area (Å²) in [5, 5.41) is 9.21. The van der Waals surface area contributed by atoms with Crippen LogP contribution >= 0.6 is 0 Å². The van der Waals surface area contributed by atoms with Gasteiger partial charge in [-0.1, -0.05) is 6.07 Å². The van der Waals surface area contributed by atoms with Gasteiger partial charge in [0.2, 0.25) is 0 Å². The molecule has 0 fully saturated rings. The maximum absolute atomic E-state index is 9.21. The number of aromatic nitrogens is 2. The Kier molecular flexibility index (Phi) is 3.39. The molecule has 0 spiro atoms. The van der Waals surface area contributed by atoms with Crippen LogP contribution in [-0.4, -0.2) is 21.6 Å². The smallest absolute Gasteiger partial charge is 0.137 e. The molecule has 0 aliphatic heterocycles. The van der Waals surface area contributed by atoms with E-state index in [2.05, 4.69) is 18.0 Å². The van der Waals surface area contributed by atoms with Crippen LogP contribution in [0.2, 0.25) is 0 Å². The molecule has 0 saturated carbocycles. The number of imidazole rings is 1. The third-order valence-electron chi connectivity index (χ3n) is 3.71. The van der Waals surface area contributed by atoms with Crippen molar-refractivity contribution in [2.45, 2.75) is 20.5 Å². The number of pyridine rings is 1. The van der Waals surface area contributed by atoms with E-state index in [1.165, 1.54) is 0 Å². The van der Waals surface area contributed by atoms with Gasteiger partial charge >= 0.3 is 0 Å². The minimum absolute atomic E-state index is 0.0319. The fourth-order valence-electron chi connectivity index (χ4n) is 2.55. The first-order chi connectivity index (χ1) is 10.1. The second-order valence-corrected chi connectivity index (χ2v) is 5.22. The summed E-state index contributed by atoms with van der Waals surface area (Å²) in [5.74, 6) is 0.891. The highest BCUT2D eigenvalue weighted by atomic mass is 16.5. The number of ether oxygens (including phenoxy) is 1. The van der Waals surface area contributed by atoms with Gasteiger partial charge in [-0.05, 0) is 48.7 Å². The van der Waals surface area contributed by atoms with Crippen molar-refractivity contribution < 1.29 is 9.84 Å². The van der Waals surface area contributed by atoms with E-state index in [0.29, 0.717) is 0 Å². The highest BCUT2D eigenvalue weighted by molar-refractivity contribution is 5.68. The van der Waals surface area contributed by atoms with E-state index in [-0.39, 0.29) is 6.61 Å². The molecule has 2 aromatic heterocycles. The Labute approximate surface area is 123 Å². The van der Waals surface area contributed by atoms with Gasteiger partial charge in [-0.25, -0.2) is 4.98 Å². The van der Waals surface area contributed by atoms with Gasteiger partial charge in [-0.2, -0.15) is 0 Å². The zero-order chi connectivity index (χ0) is 15.0. The van der Waals surface area contributed by atoms with Gasteiger partial charge < -0.3 is 14.2 Å². The highest BCUT2D eigenvalue weighted by Crippen LogP contribution is 2.29. The Morgan fingerprint density at radius 1 is 1.14 bits per heavy atom. The Hall–Kier alpha value is -2.33. The van der Waals surface area contributed by atoms with E-state index in [1.54, 1.807) is 7.11 Å². The number of fused-ring (bicyclic) bond motifs is 1. The number of aliphatic hydroxyl groups is 1. The Morgan fingerprint density at radius 2 is 1.95 bits per heavy atom. The van der Waals surface area contributed by atoms with Crippen molar-refractivity contribution in [1.82, 2.24) is 9.38 Å². The summed E-state index contributed by atoms with van der Waals surface area (Å²) in [6.45, 7) is 4.12. The summed E-state index contributed by atoms with van der Waals surface area (Å²) in [5.41, 5.74) is 5.98. The molecule has 3 rings (SSSR count). The van der Waals surface area contributed by atoms with E-state index in [4.69, 9.17) is 4.74 Å². The van der Waals surface area contributed by atoms with Gasteiger partial charge in [0.1, 0.15) is 11.4 Å². The number of rotatable bonds is 3. The van der Waals surface area contributed by atoms with Crippen LogP contribution in [0.3, 0.4) is 0 Å². The van der Waals surface area contributed by atoms with Gasteiger partial charge in [0.25, 0.3) is 0 Å². The summed E-state index contributed by atoms with van der Waals surface area (Å²) < 4.78 is 7.30. The SMILES string of the molecule is COc1cc(C)c(-c2cn3cc(CO)ccc3n2)cc1C. The molecule has 0 saturated heterocycles. The van der Waals surface area contributed by atoms with Crippen molar-refractivity contribution in [1.29, 1.82) is 0 Å². The van der Waals surface area contributed by atoms with Crippen LogP contribution in [0.5, 0.6) is 5.75 Å². The topological polar surface area (TPSA) is 46.8 Å². The number of benzene rings is 1. The molecule has 108 valence electrons. The van der Waals surface area contributed by atoms with Crippen LogP contribution in [0, 0.1) is 13.8 Å². The molecule has 0 bridgehead atoms. The van der Waals surface area contributed by atoms with E-state index < -0.39 is 0 Å². The molecule has 0 radical (unpaired) electrons. The molecule has 4 heteroatoms. The maximum Gasteiger partial charge on any atom is 0.137 e. The van der Waals surface area contributed by atoms with Crippen molar-refractivity contribution in [2.75, 3.05) is 7.11 Å². The lowest BCUT2D eigenvalue weighted by Crippen LogP contribution is -1.91. The minimum atomic E-state index is 0.0319. The number of aliphatic hydroxyl groups excluding tert-OH is 1. The van der Waals surface area contributed by atoms with Gasteiger partial charge in [0.05, 0.1) is 19.4 Å². The predicted octanol–water partition coefficient (Wildman–Crippen LogP) is 3.12. The van der Waals surface area contributed by atoms with Crippen molar-refractivity contribution in [3.8, 4) is 17.0 Å². The molecule has 0 aliphatic carbocycles. The Bertz CT molecular complexity index is 806. The Balaban J connectivity index is 2.14. The van der Waals surface area contributed by atoms with E-state index >= 15 is 0 Å². The van der Waals surface area contributed by atoms with Crippen LogP contribution in [0.1, 0.15) is 16.7 Å².